The minimum absolute atomic E-state index is 0.0552. The van der Waals surface area contributed by atoms with E-state index in [0.29, 0.717) is 11.8 Å². The van der Waals surface area contributed by atoms with E-state index < -0.39 is 0 Å². The zero-order valence-electron chi connectivity index (χ0n) is 15.2. The molecule has 1 unspecified atom stereocenters. The van der Waals surface area contributed by atoms with E-state index in [9.17, 15) is 4.79 Å². The minimum atomic E-state index is -0.0569. The van der Waals surface area contributed by atoms with Gasteiger partial charge in [-0.25, -0.2) is 0 Å². The molecule has 0 saturated heterocycles. The monoisotopic (exact) mass is 360 g/mol. The first kappa shape index (κ1) is 17.0. The maximum Gasteiger partial charge on any atom is 0.249 e. The lowest BCUT2D eigenvalue weighted by atomic mass is 10.1. The molecule has 0 radical (unpaired) electrons. The molecule has 6 nitrogen and oxygen atoms in total. The van der Waals surface area contributed by atoms with Crippen LogP contribution in [0.25, 0.3) is 22.4 Å². The van der Waals surface area contributed by atoms with Crippen molar-refractivity contribution in [1.82, 2.24) is 20.1 Å². The molecule has 0 aliphatic rings. The van der Waals surface area contributed by atoms with Crippen LogP contribution in [0.4, 0.5) is 0 Å². The quantitative estimate of drug-likeness (QED) is 0.586. The molecule has 1 N–H and O–H groups in total. The van der Waals surface area contributed by atoms with E-state index in [0.717, 1.165) is 22.0 Å². The molecule has 0 saturated carbocycles. The number of benzene rings is 2. The van der Waals surface area contributed by atoms with Gasteiger partial charge in [0.15, 0.2) is 0 Å². The summed E-state index contributed by atoms with van der Waals surface area (Å²) in [5.41, 5.74) is 2.85. The lowest BCUT2D eigenvalue weighted by molar-refractivity contribution is -0.122. The maximum atomic E-state index is 12.6. The van der Waals surface area contributed by atoms with Gasteiger partial charge in [-0.1, -0.05) is 48.5 Å². The van der Waals surface area contributed by atoms with Crippen LogP contribution in [-0.4, -0.2) is 20.7 Å². The Labute approximate surface area is 156 Å². The van der Waals surface area contributed by atoms with E-state index in [-0.39, 0.29) is 18.5 Å². The van der Waals surface area contributed by atoms with Crippen molar-refractivity contribution in [3.63, 3.8) is 0 Å². The fourth-order valence-electron chi connectivity index (χ4n) is 3.22. The highest BCUT2D eigenvalue weighted by molar-refractivity contribution is 5.94. The van der Waals surface area contributed by atoms with Gasteiger partial charge in [-0.3, -0.25) is 4.79 Å². The summed E-state index contributed by atoms with van der Waals surface area (Å²) in [6.07, 6.45) is 1.89. The number of nitrogens with one attached hydrogen (secondary N) is 1. The second kappa shape index (κ2) is 7.07. The predicted molar refractivity (Wildman–Crippen MR) is 103 cm³/mol. The Morgan fingerprint density at radius 2 is 1.85 bits per heavy atom. The molecule has 4 aromatic rings. The van der Waals surface area contributed by atoms with Crippen molar-refractivity contribution in [3.05, 3.63) is 72.2 Å². The third kappa shape index (κ3) is 3.46. The lowest BCUT2D eigenvalue weighted by Gasteiger charge is -2.15. The Bertz CT molecular complexity index is 1080. The van der Waals surface area contributed by atoms with Crippen LogP contribution in [0.1, 0.15) is 24.4 Å². The summed E-state index contributed by atoms with van der Waals surface area (Å²) >= 11 is 0. The molecule has 0 aliphatic carbocycles. The standard InChI is InChI=1S/C21H20N4O2/c1-14(16-8-4-3-5-9-16)22-20(26)13-25-12-18(21-24-23-15(2)27-21)17-10-6-7-11-19(17)25/h3-12,14H,13H2,1-2H3,(H,22,26). The van der Waals surface area contributed by atoms with Crippen molar-refractivity contribution in [1.29, 1.82) is 0 Å². The fourth-order valence-corrected chi connectivity index (χ4v) is 3.22. The molecule has 136 valence electrons. The van der Waals surface area contributed by atoms with Crippen LogP contribution in [-0.2, 0) is 11.3 Å². The smallest absolute Gasteiger partial charge is 0.249 e. The summed E-state index contributed by atoms with van der Waals surface area (Å²) in [7, 11) is 0. The van der Waals surface area contributed by atoms with Gasteiger partial charge < -0.3 is 14.3 Å². The Morgan fingerprint density at radius 3 is 2.59 bits per heavy atom. The number of hydrogen-bond acceptors (Lipinski definition) is 4. The summed E-state index contributed by atoms with van der Waals surface area (Å²) in [4.78, 5) is 12.6. The van der Waals surface area contributed by atoms with E-state index in [1.54, 1.807) is 6.92 Å². The maximum absolute atomic E-state index is 12.6. The molecule has 0 aliphatic heterocycles. The molecule has 6 heteroatoms. The van der Waals surface area contributed by atoms with E-state index >= 15 is 0 Å². The van der Waals surface area contributed by atoms with E-state index in [2.05, 4.69) is 15.5 Å². The lowest BCUT2D eigenvalue weighted by Crippen LogP contribution is -2.29. The first-order chi connectivity index (χ1) is 13.1. The Kier molecular flexibility index (Phi) is 4.46. The van der Waals surface area contributed by atoms with Crippen molar-refractivity contribution in [2.45, 2.75) is 26.4 Å². The second-order valence-corrected chi connectivity index (χ2v) is 6.51. The number of aryl methyl sites for hydroxylation is 1. The predicted octanol–water partition coefficient (Wildman–Crippen LogP) is 3.88. The average Bonchev–Trinajstić information content (AvgIpc) is 3.26. The number of nitrogens with zero attached hydrogens (tertiary/aromatic N) is 3. The first-order valence-electron chi connectivity index (χ1n) is 8.84. The molecular weight excluding hydrogens is 340 g/mol. The van der Waals surface area contributed by atoms with Gasteiger partial charge in [0.05, 0.1) is 11.6 Å². The van der Waals surface area contributed by atoms with Crippen molar-refractivity contribution in [2.75, 3.05) is 0 Å². The van der Waals surface area contributed by atoms with Gasteiger partial charge >= 0.3 is 0 Å². The van der Waals surface area contributed by atoms with Crippen molar-refractivity contribution < 1.29 is 9.21 Å². The van der Waals surface area contributed by atoms with Gasteiger partial charge in [-0.05, 0) is 18.6 Å². The van der Waals surface area contributed by atoms with Crippen molar-refractivity contribution >= 4 is 16.8 Å². The number of rotatable bonds is 5. The molecule has 1 atom stereocenters. The molecule has 2 heterocycles. The van der Waals surface area contributed by atoms with E-state index in [1.807, 2.05) is 72.3 Å². The number of carbonyl (C=O) groups is 1. The zero-order chi connectivity index (χ0) is 18.8. The SMILES string of the molecule is Cc1nnc(-c2cn(CC(=O)NC(C)c3ccccc3)c3ccccc23)o1. The van der Waals surface area contributed by atoms with Gasteiger partial charge in [-0.15, -0.1) is 10.2 Å². The largest absolute Gasteiger partial charge is 0.421 e. The fraction of sp³-hybridized carbons (Fsp3) is 0.190. The van der Waals surface area contributed by atoms with Crippen molar-refractivity contribution in [3.8, 4) is 11.5 Å². The molecule has 2 aromatic carbocycles. The number of aromatic nitrogens is 3. The third-order valence-electron chi connectivity index (χ3n) is 4.54. The van der Waals surface area contributed by atoms with E-state index in [1.165, 1.54) is 0 Å². The third-order valence-corrected chi connectivity index (χ3v) is 4.54. The number of hydrogen-bond donors (Lipinski definition) is 1. The van der Waals surface area contributed by atoms with E-state index in [4.69, 9.17) is 4.42 Å². The van der Waals surface area contributed by atoms with Gasteiger partial charge in [0.25, 0.3) is 0 Å². The summed E-state index contributed by atoms with van der Waals surface area (Å²) in [5, 5.41) is 12.1. The first-order valence-corrected chi connectivity index (χ1v) is 8.84. The van der Waals surface area contributed by atoms with Crippen LogP contribution in [0.2, 0.25) is 0 Å². The second-order valence-electron chi connectivity index (χ2n) is 6.51. The minimum Gasteiger partial charge on any atom is -0.421 e. The molecular formula is C21H20N4O2. The van der Waals surface area contributed by atoms with Gasteiger partial charge in [0.2, 0.25) is 17.7 Å². The van der Waals surface area contributed by atoms with Crippen LogP contribution in [0.15, 0.2) is 65.2 Å². The molecule has 2 aromatic heterocycles. The van der Waals surface area contributed by atoms with Crippen molar-refractivity contribution in [2.24, 2.45) is 0 Å². The van der Waals surface area contributed by atoms with Gasteiger partial charge in [-0.2, -0.15) is 0 Å². The molecule has 1 amide bonds. The number of para-hydroxylation sites is 1. The van der Waals surface area contributed by atoms with Crippen LogP contribution in [0.5, 0.6) is 0 Å². The van der Waals surface area contributed by atoms with Gasteiger partial charge in [0, 0.05) is 24.0 Å². The average molecular weight is 360 g/mol. The number of amides is 1. The number of fused-ring (bicyclic) bond motifs is 1. The Hall–Kier alpha value is -3.41. The van der Waals surface area contributed by atoms with Crippen LogP contribution >= 0.6 is 0 Å². The summed E-state index contributed by atoms with van der Waals surface area (Å²) < 4.78 is 7.50. The van der Waals surface area contributed by atoms with Gasteiger partial charge in [0.1, 0.15) is 6.54 Å². The molecule has 0 bridgehead atoms. The number of carbonyl (C=O) groups excluding carboxylic acids is 1. The highest BCUT2D eigenvalue weighted by Gasteiger charge is 2.17. The Balaban J connectivity index is 1.59. The molecule has 0 fully saturated rings. The molecule has 4 rings (SSSR count). The van der Waals surface area contributed by atoms with Crippen LogP contribution in [0.3, 0.4) is 0 Å². The molecule has 27 heavy (non-hydrogen) atoms. The summed E-state index contributed by atoms with van der Waals surface area (Å²) in [6.45, 7) is 3.95. The highest BCUT2D eigenvalue weighted by atomic mass is 16.4. The summed E-state index contributed by atoms with van der Waals surface area (Å²) in [5.74, 6) is 0.914. The van der Waals surface area contributed by atoms with Crippen LogP contribution < -0.4 is 5.32 Å². The van der Waals surface area contributed by atoms with Crippen LogP contribution in [0, 0.1) is 6.92 Å². The molecule has 0 spiro atoms. The highest BCUT2D eigenvalue weighted by Crippen LogP contribution is 2.29. The topological polar surface area (TPSA) is 73.0 Å². The summed E-state index contributed by atoms with van der Waals surface area (Å²) in [6, 6.07) is 17.7. The Morgan fingerprint density at radius 1 is 1.11 bits per heavy atom. The zero-order valence-corrected chi connectivity index (χ0v) is 15.2. The normalized spacial score (nSPS) is 12.2.